The molecule has 3 nitrogen and oxygen atoms in total. The van der Waals surface area contributed by atoms with E-state index >= 15 is 0 Å². The first kappa shape index (κ1) is 12.9. The van der Waals surface area contributed by atoms with E-state index in [0.717, 1.165) is 12.2 Å². The molecule has 0 aliphatic heterocycles. The predicted molar refractivity (Wildman–Crippen MR) is 74.5 cm³/mol. The van der Waals surface area contributed by atoms with Crippen LogP contribution >= 0.6 is 0 Å². The van der Waals surface area contributed by atoms with Gasteiger partial charge in [-0.3, -0.25) is 0 Å². The molecule has 1 aromatic heterocycles. The van der Waals surface area contributed by atoms with Crippen LogP contribution in [0.5, 0.6) is 0 Å². The average molecular weight is 269 g/mol. The molecule has 1 fully saturated rings. The summed E-state index contributed by atoms with van der Waals surface area (Å²) in [6.07, 6.45) is 4.45. The van der Waals surface area contributed by atoms with Gasteiger partial charge in [0.2, 0.25) is 0 Å². The molecular formula is C16H16FN3. The molecule has 2 aromatic rings. The maximum atomic E-state index is 13.8. The number of nitrogens with zero attached hydrogens (tertiary/aromatic N) is 2. The van der Waals surface area contributed by atoms with Crippen molar-refractivity contribution in [3.8, 4) is 6.07 Å². The minimum Gasteiger partial charge on any atom is -0.346 e. The van der Waals surface area contributed by atoms with Crippen molar-refractivity contribution in [3.63, 3.8) is 0 Å². The molecule has 1 aliphatic rings. The minimum absolute atomic E-state index is 0.265. The second-order valence-corrected chi connectivity index (χ2v) is 5.20. The van der Waals surface area contributed by atoms with E-state index in [4.69, 9.17) is 5.26 Å². The highest BCUT2D eigenvalue weighted by Crippen LogP contribution is 2.20. The molecule has 1 aliphatic carbocycles. The fraction of sp³-hybridized carbons (Fsp3) is 0.312. The van der Waals surface area contributed by atoms with Crippen molar-refractivity contribution in [1.82, 2.24) is 9.88 Å². The van der Waals surface area contributed by atoms with Crippen LogP contribution < -0.4 is 5.32 Å². The third-order valence-corrected chi connectivity index (χ3v) is 3.59. The molecule has 1 heterocycles. The third-order valence-electron chi connectivity index (χ3n) is 3.59. The summed E-state index contributed by atoms with van der Waals surface area (Å²) in [5, 5.41) is 12.4. The van der Waals surface area contributed by atoms with Gasteiger partial charge in [-0.15, -0.1) is 0 Å². The van der Waals surface area contributed by atoms with Crippen LogP contribution in [0.3, 0.4) is 0 Å². The van der Waals surface area contributed by atoms with Gasteiger partial charge in [0, 0.05) is 30.0 Å². The fourth-order valence-electron chi connectivity index (χ4n) is 2.25. The average Bonchev–Trinajstić information content (AvgIpc) is 3.19. The van der Waals surface area contributed by atoms with Gasteiger partial charge in [0.05, 0.1) is 18.2 Å². The largest absolute Gasteiger partial charge is 0.346 e. The monoisotopic (exact) mass is 269 g/mol. The summed E-state index contributed by atoms with van der Waals surface area (Å²) >= 11 is 0. The van der Waals surface area contributed by atoms with E-state index in [1.807, 2.05) is 29.0 Å². The molecule has 0 saturated heterocycles. The lowest BCUT2D eigenvalue weighted by molar-refractivity contribution is 0.586. The number of aromatic nitrogens is 1. The summed E-state index contributed by atoms with van der Waals surface area (Å²) in [6, 6.07) is 11.2. The number of rotatable bonds is 5. The van der Waals surface area contributed by atoms with Gasteiger partial charge < -0.3 is 9.88 Å². The SMILES string of the molecule is N#Cc1ccc(F)c(Cn2cccc2CNC2CC2)c1. The van der Waals surface area contributed by atoms with Crippen LogP contribution in [-0.4, -0.2) is 10.6 Å². The van der Waals surface area contributed by atoms with E-state index in [1.54, 1.807) is 6.07 Å². The lowest BCUT2D eigenvalue weighted by Crippen LogP contribution is -2.18. The summed E-state index contributed by atoms with van der Waals surface area (Å²) in [5.41, 5.74) is 2.18. The Morgan fingerprint density at radius 2 is 2.20 bits per heavy atom. The highest BCUT2D eigenvalue weighted by atomic mass is 19.1. The first-order valence-electron chi connectivity index (χ1n) is 6.82. The van der Waals surface area contributed by atoms with E-state index in [-0.39, 0.29) is 5.82 Å². The first-order chi connectivity index (χ1) is 9.76. The van der Waals surface area contributed by atoms with Gasteiger partial charge in [0.15, 0.2) is 0 Å². The van der Waals surface area contributed by atoms with Gasteiger partial charge in [0.25, 0.3) is 0 Å². The summed E-state index contributed by atoms with van der Waals surface area (Å²) in [4.78, 5) is 0. The van der Waals surface area contributed by atoms with Crippen molar-refractivity contribution in [1.29, 1.82) is 5.26 Å². The Balaban J connectivity index is 1.77. The fourth-order valence-corrected chi connectivity index (χ4v) is 2.25. The Bertz CT molecular complexity index is 650. The maximum absolute atomic E-state index is 13.8. The van der Waals surface area contributed by atoms with E-state index in [0.29, 0.717) is 23.7 Å². The van der Waals surface area contributed by atoms with E-state index in [9.17, 15) is 4.39 Å². The number of nitrogens with one attached hydrogen (secondary N) is 1. The molecule has 4 heteroatoms. The Labute approximate surface area is 117 Å². The van der Waals surface area contributed by atoms with Crippen LogP contribution in [0, 0.1) is 17.1 Å². The zero-order valence-corrected chi connectivity index (χ0v) is 11.1. The highest BCUT2D eigenvalue weighted by molar-refractivity contribution is 5.34. The van der Waals surface area contributed by atoms with Crippen LogP contribution in [-0.2, 0) is 13.1 Å². The number of nitriles is 1. The topological polar surface area (TPSA) is 40.8 Å². The van der Waals surface area contributed by atoms with E-state index in [1.165, 1.54) is 25.0 Å². The minimum atomic E-state index is -0.265. The Hall–Kier alpha value is -2.12. The first-order valence-corrected chi connectivity index (χ1v) is 6.82. The molecule has 0 unspecified atom stereocenters. The van der Waals surface area contributed by atoms with Crippen molar-refractivity contribution < 1.29 is 4.39 Å². The molecule has 1 saturated carbocycles. The molecule has 1 aromatic carbocycles. The number of halogens is 1. The van der Waals surface area contributed by atoms with Gasteiger partial charge in [0.1, 0.15) is 5.82 Å². The zero-order chi connectivity index (χ0) is 13.9. The molecular weight excluding hydrogens is 253 g/mol. The van der Waals surface area contributed by atoms with E-state index in [2.05, 4.69) is 5.32 Å². The summed E-state index contributed by atoms with van der Waals surface area (Å²) < 4.78 is 15.8. The van der Waals surface area contributed by atoms with Gasteiger partial charge in [-0.1, -0.05) is 0 Å². The standard InChI is InChI=1S/C16H16FN3/c17-16-6-3-12(9-18)8-13(16)11-20-7-1-2-15(20)10-19-14-4-5-14/h1-3,6-8,14,19H,4-5,10-11H2. The van der Waals surface area contributed by atoms with Crippen LogP contribution in [0.25, 0.3) is 0 Å². The van der Waals surface area contributed by atoms with Crippen LogP contribution in [0.4, 0.5) is 4.39 Å². The van der Waals surface area contributed by atoms with Crippen molar-refractivity contribution in [3.05, 3.63) is 59.2 Å². The van der Waals surface area contributed by atoms with Crippen molar-refractivity contribution in [2.75, 3.05) is 0 Å². The molecule has 102 valence electrons. The second kappa shape index (κ2) is 5.48. The second-order valence-electron chi connectivity index (χ2n) is 5.20. The van der Waals surface area contributed by atoms with Gasteiger partial charge in [-0.25, -0.2) is 4.39 Å². The van der Waals surface area contributed by atoms with E-state index < -0.39 is 0 Å². The number of hydrogen-bond donors (Lipinski definition) is 1. The molecule has 0 amide bonds. The van der Waals surface area contributed by atoms with Crippen molar-refractivity contribution in [2.45, 2.75) is 32.0 Å². The molecule has 3 rings (SSSR count). The lowest BCUT2D eigenvalue weighted by Gasteiger charge is -2.11. The van der Waals surface area contributed by atoms with Crippen molar-refractivity contribution in [2.24, 2.45) is 0 Å². The summed E-state index contributed by atoms with van der Waals surface area (Å²) in [6.45, 7) is 1.26. The Morgan fingerprint density at radius 1 is 1.35 bits per heavy atom. The van der Waals surface area contributed by atoms with Gasteiger partial charge in [-0.2, -0.15) is 5.26 Å². The quantitative estimate of drug-likeness (QED) is 0.906. The van der Waals surface area contributed by atoms with Crippen LogP contribution in [0.15, 0.2) is 36.5 Å². The third kappa shape index (κ3) is 2.89. The molecule has 20 heavy (non-hydrogen) atoms. The van der Waals surface area contributed by atoms with Crippen LogP contribution in [0.1, 0.15) is 29.7 Å². The maximum Gasteiger partial charge on any atom is 0.128 e. The highest BCUT2D eigenvalue weighted by Gasteiger charge is 2.20. The number of hydrogen-bond acceptors (Lipinski definition) is 2. The zero-order valence-electron chi connectivity index (χ0n) is 11.1. The normalized spacial score (nSPS) is 14.2. The van der Waals surface area contributed by atoms with Gasteiger partial charge >= 0.3 is 0 Å². The van der Waals surface area contributed by atoms with Gasteiger partial charge in [-0.05, 0) is 43.2 Å². The lowest BCUT2D eigenvalue weighted by atomic mass is 10.1. The molecule has 0 bridgehead atoms. The molecule has 0 atom stereocenters. The predicted octanol–water partition coefficient (Wildman–Crippen LogP) is 2.80. The smallest absolute Gasteiger partial charge is 0.128 e. The van der Waals surface area contributed by atoms with Crippen LogP contribution in [0.2, 0.25) is 0 Å². The van der Waals surface area contributed by atoms with Crippen molar-refractivity contribution >= 4 is 0 Å². The summed E-state index contributed by atoms with van der Waals surface area (Å²) in [5.74, 6) is -0.265. The number of benzene rings is 1. The molecule has 0 spiro atoms. The Morgan fingerprint density at radius 3 is 2.95 bits per heavy atom. The molecule has 0 radical (unpaired) electrons. The Kier molecular flexibility index (Phi) is 3.53. The molecule has 1 N–H and O–H groups in total. The summed E-state index contributed by atoms with van der Waals surface area (Å²) in [7, 11) is 0.